The van der Waals surface area contributed by atoms with Crippen LogP contribution in [0.25, 0.3) is 0 Å². The van der Waals surface area contributed by atoms with Gasteiger partial charge in [0.2, 0.25) is 0 Å². The van der Waals surface area contributed by atoms with E-state index in [0.717, 1.165) is 0 Å². The molecule has 1 aliphatic heterocycles. The van der Waals surface area contributed by atoms with Crippen molar-refractivity contribution < 1.29 is 23.1 Å². The molecule has 1 fully saturated rings. The van der Waals surface area contributed by atoms with Gasteiger partial charge >= 0.3 is 12.2 Å². The van der Waals surface area contributed by atoms with E-state index in [9.17, 15) is 18.0 Å². The van der Waals surface area contributed by atoms with Crippen LogP contribution in [0.2, 0.25) is 0 Å². The van der Waals surface area contributed by atoms with Crippen LogP contribution in [-0.2, 0) is 0 Å². The number of carbonyl (C=O) groups is 1. The monoisotopic (exact) mass is 266 g/mol. The molecule has 2 amide bonds. The molecule has 0 aromatic rings. The summed E-state index contributed by atoms with van der Waals surface area (Å²) in [4.78, 5) is 13.0. The average molecular weight is 266 g/mol. The summed E-state index contributed by atoms with van der Waals surface area (Å²) >= 11 is 0. The molecule has 1 unspecified atom stereocenters. The van der Waals surface area contributed by atoms with E-state index in [-0.39, 0.29) is 32.0 Å². The summed E-state index contributed by atoms with van der Waals surface area (Å²) < 4.78 is 36.9. The van der Waals surface area contributed by atoms with Gasteiger partial charge in [-0.1, -0.05) is 6.08 Å². The Hall–Kier alpha value is -1.24. The molecule has 1 heterocycles. The van der Waals surface area contributed by atoms with Gasteiger partial charge in [-0.15, -0.1) is 6.58 Å². The number of aliphatic hydroxyl groups excluding tert-OH is 1. The Balaban J connectivity index is 2.41. The second-order valence-electron chi connectivity index (χ2n) is 4.29. The molecule has 1 saturated heterocycles. The van der Waals surface area contributed by atoms with E-state index in [2.05, 4.69) is 11.9 Å². The highest BCUT2D eigenvalue weighted by atomic mass is 19.4. The van der Waals surface area contributed by atoms with Crippen molar-refractivity contribution in [1.82, 2.24) is 10.2 Å². The quantitative estimate of drug-likeness (QED) is 0.761. The fourth-order valence-electron chi connectivity index (χ4n) is 1.96. The standard InChI is InChI=1S/C11H17F3N2O2/c1-2-5-15-10(18)16-6-3-8(4-7-16)9(17)11(12,13)14/h2,8-9,17H,1,3-7H2,(H,15,18). The minimum absolute atomic E-state index is 0.155. The number of nitrogens with one attached hydrogen (secondary N) is 1. The van der Waals surface area contributed by atoms with Gasteiger partial charge in [0.05, 0.1) is 0 Å². The fourth-order valence-corrected chi connectivity index (χ4v) is 1.96. The number of amides is 2. The van der Waals surface area contributed by atoms with E-state index in [4.69, 9.17) is 5.11 Å². The van der Waals surface area contributed by atoms with Crippen LogP contribution in [0.15, 0.2) is 12.7 Å². The lowest BCUT2D eigenvalue weighted by Gasteiger charge is -2.34. The van der Waals surface area contributed by atoms with Crippen LogP contribution in [0.3, 0.4) is 0 Å². The van der Waals surface area contributed by atoms with Gasteiger partial charge in [-0.25, -0.2) is 4.79 Å². The number of carbonyl (C=O) groups excluding carboxylic acids is 1. The Morgan fingerprint density at radius 2 is 2.06 bits per heavy atom. The van der Waals surface area contributed by atoms with Crippen molar-refractivity contribution >= 4 is 6.03 Å². The lowest BCUT2D eigenvalue weighted by atomic mass is 9.91. The number of nitrogens with zero attached hydrogens (tertiary/aromatic N) is 1. The highest BCUT2D eigenvalue weighted by Crippen LogP contribution is 2.31. The SMILES string of the molecule is C=CCNC(=O)N1CCC(C(O)C(F)(F)F)CC1. The summed E-state index contributed by atoms with van der Waals surface area (Å²) in [5.74, 6) is -0.826. The number of aliphatic hydroxyl groups is 1. The molecule has 0 aliphatic carbocycles. The van der Waals surface area contributed by atoms with Crippen LogP contribution >= 0.6 is 0 Å². The number of alkyl halides is 3. The van der Waals surface area contributed by atoms with Gasteiger partial charge in [0.25, 0.3) is 0 Å². The number of piperidine rings is 1. The van der Waals surface area contributed by atoms with Gasteiger partial charge in [-0.3, -0.25) is 0 Å². The molecular weight excluding hydrogens is 249 g/mol. The number of rotatable bonds is 3. The summed E-state index contributed by atoms with van der Waals surface area (Å²) in [5, 5.41) is 11.7. The zero-order valence-corrected chi connectivity index (χ0v) is 9.91. The van der Waals surface area contributed by atoms with Crippen LogP contribution in [0.1, 0.15) is 12.8 Å². The molecule has 18 heavy (non-hydrogen) atoms. The van der Waals surface area contributed by atoms with Crippen molar-refractivity contribution in [2.75, 3.05) is 19.6 Å². The molecule has 7 heteroatoms. The molecule has 0 bridgehead atoms. The minimum Gasteiger partial charge on any atom is -0.383 e. The highest BCUT2D eigenvalue weighted by molar-refractivity contribution is 5.74. The molecule has 2 N–H and O–H groups in total. The van der Waals surface area contributed by atoms with Gasteiger partial charge in [0.1, 0.15) is 0 Å². The van der Waals surface area contributed by atoms with Gasteiger partial charge in [-0.2, -0.15) is 13.2 Å². The second kappa shape index (κ2) is 6.08. The third-order valence-corrected chi connectivity index (χ3v) is 3.01. The minimum atomic E-state index is -4.59. The van der Waals surface area contributed by atoms with Crippen molar-refractivity contribution in [2.45, 2.75) is 25.1 Å². The number of likely N-dealkylation sites (tertiary alicyclic amines) is 1. The Morgan fingerprint density at radius 3 is 2.50 bits per heavy atom. The fraction of sp³-hybridized carbons (Fsp3) is 0.727. The van der Waals surface area contributed by atoms with E-state index >= 15 is 0 Å². The molecular formula is C11H17F3N2O2. The van der Waals surface area contributed by atoms with Crippen molar-refractivity contribution in [3.05, 3.63) is 12.7 Å². The Bertz CT molecular complexity index is 299. The molecule has 4 nitrogen and oxygen atoms in total. The highest BCUT2D eigenvalue weighted by Gasteiger charge is 2.44. The van der Waals surface area contributed by atoms with Gasteiger partial charge in [-0.05, 0) is 18.8 Å². The van der Waals surface area contributed by atoms with E-state index in [1.807, 2.05) is 0 Å². The predicted octanol–water partition coefficient (Wildman–Crippen LogP) is 1.52. The van der Waals surface area contributed by atoms with Crippen LogP contribution in [0.5, 0.6) is 0 Å². The average Bonchev–Trinajstić information content (AvgIpc) is 2.34. The molecule has 104 valence electrons. The van der Waals surface area contributed by atoms with Crippen molar-refractivity contribution in [1.29, 1.82) is 0 Å². The maximum Gasteiger partial charge on any atom is 0.414 e. The van der Waals surface area contributed by atoms with Crippen molar-refractivity contribution in [3.8, 4) is 0 Å². The number of halogens is 3. The third-order valence-electron chi connectivity index (χ3n) is 3.01. The molecule has 1 aliphatic rings. The first kappa shape index (κ1) is 14.8. The Labute approximate surface area is 103 Å². The molecule has 0 aromatic carbocycles. The molecule has 0 aromatic heterocycles. The van der Waals surface area contributed by atoms with Crippen molar-refractivity contribution in [3.63, 3.8) is 0 Å². The van der Waals surface area contributed by atoms with E-state index in [1.165, 1.54) is 11.0 Å². The molecule has 1 rings (SSSR count). The second-order valence-corrected chi connectivity index (χ2v) is 4.29. The number of urea groups is 1. The van der Waals surface area contributed by atoms with Crippen molar-refractivity contribution in [2.24, 2.45) is 5.92 Å². The zero-order chi connectivity index (χ0) is 13.8. The largest absolute Gasteiger partial charge is 0.414 e. The maximum atomic E-state index is 12.3. The summed E-state index contributed by atoms with van der Waals surface area (Å²) in [6.45, 7) is 4.22. The first-order valence-electron chi connectivity index (χ1n) is 5.74. The lowest BCUT2D eigenvalue weighted by molar-refractivity contribution is -0.222. The molecule has 0 radical (unpaired) electrons. The van der Waals surface area contributed by atoms with Crippen LogP contribution in [-0.4, -0.2) is 48.0 Å². The van der Waals surface area contributed by atoms with Crippen LogP contribution in [0.4, 0.5) is 18.0 Å². The summed E-state index contributed by atoms with van der Waals surface area (Å²) in [6.07, 6.45) is -5.05. The van der Waals surface area contributed by atoms with Gasteiger partial charge in [0.15, 0.2) is 6.10 Å². The number of hydrogen-bond acceptors (Lipinski definition) is 2. The van der Waals surface area contributed by atoms with Gasteiger partial charge < -0.3 is 15.3 Å². The molecule has 0 spiro atoms. The first-order chi connectivity index (χ1) is 8.36. The normalized spacial score (nSPS) is 19.4. The molecule has 1 atom stereocenters. The molecule has 0 saturated carbocycles. The van der Waals surface area contributed by atoms with E-state index < -0.39 is 18.2 Å². The Morgan fingerprint density at radius 1 is 1.50 bits per heavy atom. The predicted molar refractivity (Wildman–Crippen MR) is 60.0 cm³/mol. The summed E-state index contributed by atoms with van der Waals surface area (Å²) in [5.41, 5.74) is 0. The maximum absolute atomic E-state index is 12.3. The summed E-state index contributed by atoms with van der Waals surface area (Å²) in [7, 11) is 0. The van der Waals surface area contributed by atoms with Crippen LogP contribution < -0.4 is 5.32 Å². The topological polar surface area (TPSA) is 52.6 Å². The van der Waals surface area contributed by atoms with E-state index in [0.29, 0.717) is 6.54 Å². The third kappa shape index (κ3) is 3.90. The zero-order valence-electron chi connectivity index (χ0n) is 9.91. The first-order valence-corrected chi connectivity index (χ1v) is 5.74. The lowest BCUT2D eigenvalue weighted by Crippen LogP contribution is -2.48. The Kier molecular flexibility index (Phi) is 5.01. The van der Waals surface area contributed by atoms with Gasteiger partial charge in [0, 0.05) is 19.6 Å². The van der Waals surface area contributed by atoms with E-state index in [1.54, 1.807) is 0 Å². The smallest absolute Gasteiger partial charge is 0.383 e. The van der Waals surface area contributed by atoms with Crippen LogP contribution in [0, 0.1) is 5.92 Å². The summed E-state index contributed by atoms with van der Waals surface area (Å²) in [6, 6.07) is -0.310. The number of hydrogen-bond donors (Lipinski definition) is 2.